The van der Waals surface area contributed by atoms with Crippen molar-refractivity contribution in [1.82, 2.24) is 9.80 Å². The van der Waals surface area contributed by atoms with E-state index in [-0.39, 0.29) is 35.1 Å². The third kappa shape index (κ3) is 5.24. The topological polar surface area (TPSA) is 46.9 Å². The lowest BCUT2D eigenvalue weighted by Crippen LogP contribution is -2.51. The van der Waals surface area contributed by atoms with Crippen LogP contribution in [0, 0.1) is 35.5 Å². The molecule has 0 radical (unpaired) electrons. The fourth-order valence-electron chi connectivity index (χ4n) is 3.81. The standard InChI is InChI=1S/C22H36N2O2/c1-17-15-23(13-9-19(17)25)21(3,4)11-7-8-12-22(5,6)24-14-10-20(26)18(2)16-24/h17-20,25-26H,9-10,13-16H2,1-6H3/t17-,18+,19-,20-/m0/s1. The van der Waals surface area contributed by atoms with Crippen LogP contribution in [-0.2, 0) is 0 Å². The zero-order valence-electron chi connectivity index (χ0n) is 17.3. The minimum Gasteiger partial charge on any atom is -0.393 e. The maximum atomic E-state index is 9.92. The van der Waals surface area contributed by atoms with Gasteiger partial charge in [-0.2, -0.15) is 0 Å². The molecule has 2 aliphatic rings. The Hall–Kier alpha value is -1.04. The van der Waals surface area contributed by atoms with E-state index < -0.39 is 0 Å². The molecule has 2 fully saturated rings. The van der Waals surface area contributed by atoms with Crippen LogP contribution in [0.4, 0.5) is 0 Å². The van der Waals surface area contributed by atoms with Crippen molar-refractivity contribution in [3.63, 3.8) is 0 Å². The van der Waals surface area contributed by atoms with Crippen LogP contribution in [0.1, 0.15) is 54.4 Å². The van der Waals surface area contributed by atoms with Gasteiger partial charge in [0.05, 0.1) is 23.3 Å². The molecule has 0 bridgehead atoms. The van der Waals surface area contributed by atoms with E-state index in [1.165, 1.54) is 0 Å². The van der Waals surface area contributed by atoms with Gasteiger partial charge in [0.1, 0.15) is 0 Å². The van der Waals surface area contributed by atoms with Gasteiger partial charge in [0.15, 0.2) is 0 Å². The van der Waals surface area contributed by atoms with Crippen LogP contribution in [-0.4, -0.2) is 69.5 Å². The van der Waals surface area contributed by atoms with E-state index >= 15 is 0 Å². The van der Waals surface area contributed by atoms with E-state index in [1.807, 2.05) is 0 Å². The van der Waals surface area contributed by atoms with Crippen LogP contribution in [0.15, 0.2) is 0 Å². The first kappa shape index (κ1) is 21.3. The molecule has 146 valence electrons. The maximum Gasteiger partial charge on any atom is 0.0779 e. The molecule has 0 spiro atoms. The average molecular weight is 361 g/mol. The quantitative estimate of drug-likeness (QED) is 0.739. The molecular formula is C22H36N2O2. The van der Waals surface area contributed by atoms with Crippen molar-refractivity contribution in [2.45, 2.75) is 77.7 Å². The normalized spacial score (nSPS) is 31.5. The van der Waals surface area contributed by atoms with Crippen molar-refractivity contribution in [2.75, 3.05) is 26.2 Å². The van der Waals surface area contributed by atoms with Crippen molar-refractivity contribution in [2.24, 2.45) is 11.8 Å². The van der Waals surface area contributed by atoms with E-state index in [9.17, 15) is 10.2 Å². The predicted molar refractivity (Wildman–Crippen MR) is 106 cm³/mol. The molecule has 2 heterocycles. The Bertz CT molecular complexity index is 551. The first-order chi connectivity index (χ1) is 12.0. The number of piperidine rings is 2. The summed E-state index contributed by atoms with van der Waals surface area (Å²) in [5, 5.41) is 19.8. The Morgan fingerprint density at radius 2 is 1.08 bits per heavy atom. The maximum absolute atomic E-state index is 9.92. The van der Waals surface area contributed by atoms with Gasteiger partial charge < -0.3 is 10.2 Å². The van der Waals surface area contributed by atoms with Crippen LogP contribution in [0.25, 0.3) is 0 Å². The Kier molecular flexibility index (Phi) is 6.81. The van der Waals surface area contributed by atoms with Crippen LogP contribution in [0.5, 0.6) is 0 Å². The van der Waals surface area contributed by atoms with E-state index in [0.29, 0.717) is 0 Å². The van der Waals surface area contributed by atoms with Gasteiger partial charge in [-0.15, -0.1) is 0 Å². The SMILES string of the molecule is C[C@@H]1CN(C(C)(C)C#CC#CC(C)(C)N2CC[C@H](O)[C@@H](C)C2)CC[C@@H]1O. The summed E-state index contributed by atoms with van der Waals surface area (Å²) in [5.41, 5.74) is -0.478. The number of aliphatic hydroxyl groups excluding tert-OH is 2. The zero-order valence-corrected chi connectivity index (χ0v) is 17.3. The molecule has 0 amide bonds. The molecule has 0 aromatic heterocycles. The summed E-state index contributed by atoms with van der Waals surface area (Å²) in [6.07, 6.45) is 1.23. The van der Waals surface area contributed by atoms with E-state index in [2.05, 4.69) is 75.0 Å². The van der Waals surface area contributed by atoms with Crippen LogP contribution < -0.4 is 0 Å². The molecule has 2 saturated heterocycles. The van der Waals surface area contributed by atoms with Gasteiger partial charge in [-0.25, -0.2) is 0 Å². The Morgan fingerprint density at radius 3 is 1.38 bits per heavy atom. The van der Waals surface area contributed by atoms with Gasteiger partial charge in [0.2, 0.25) is 0 Å². The second-order valence-corrected chi connectivity index (χ2v) is 9.18. The van der Waals surface area contributed by atoms with Gasteiger partial charge >= 0.3 is 0 Å². The summed E-state index contributed by atoms with van der Waals surface area (Å²) in [6, 6.07) is 0. The lowest BCUT2D eigenvalue weighted by molar-refractivity contribution is 0.00867. The van der Waals surface area contributed by atoms with Gasteiger partial charge in [-0.1, -0.05) is 25.7 Å². The minimum atomic E-state index is -0.239. The first-order valence-corrected chi connectivity index (χ1v) is 9.93. The van der Waals surface area contributed by atoms with E-state index in [0.717, 1.165) is 39.0 Å². The Labute approximate surface area is 159 Å². The highest BCUT2D eigenvalue weighted by Gasteiger charge is 2.33. The number of nitrogens with zero attached hydrogens (tertiary/aromatic N) is 2. The van der Waals surface area contributed by atoms with Gasteiger partial charge in [0.25, 0.3) is 0 Å². The highest BCUT2D eigenvalue weighted by molar-refractivity contribution is 5.33. The monoisotopic (exact) mass is 360 g/mol. The fourth-order valence-corrected chi connectivity index (χ4v) is 3.81. The Balaban J connectivity index is 2.00. The summed E-state index contributed by atoms with van der Waals surface area (Å²) in [5.74, 6) is 13.3. The molecule has 0 saturated carbocycles. The summed E-state index contributed by atoms with van der Waals surface area (Å²) in [4.78, 5) is 4.69. The molecule has 0 aromatic carbocycles. The predicted octanol–water partition coefficient (Wildman–Crippen LogP) is 1.96. The van der Waals surface area contributed by atoms with Crippen LogP contribution >= 0.6 is 0 Å². The van der Waals surface area contributed by atoms with Crippen LogP contribution in [0.3, 0.4) is 0 Å². The summed E-state index contributed by atoms with van der Waals surface area (Å²) < 4.78 is 0. The van der Waals surface area contributed by atoms with Crippen molar-refractivity contribution in [1.29, 1.82) is 0 Å². The van der Waals surface area contributed by atoms with Crippen LogP contribution in [0.2, 0.25) is 0 Å². The number of hydrogen-bond donors (Lipinski definition) is 2. The second-order valence-electron chi connectivity index (χ2n) is 9.18. The molecule has 4 atom stereocenters. The van der Waals surface area contributed by atoms with Crippen molar-refractivity contribution in [3.8, 4) is 23.7 Å². The van der Waals surface area contributed by atoms with E-state index in [4.69, 9.17) is 0 Å². The van der Waals surface area contributed by atoms with Crippen molar-refractivity contribution < 1.29 is 10.2 Å². The molecule has 4 heteroatoms. The zero-order chi connectivity index (χ0) is 19.5. The molecule has 2 rings (SSSR count). The molecule has 0 aliphatic carbocycles. The largest absolute Gasteiger partial charge is 0.393 e. The highest BCUT2D eigenvalue weighted by atomic mass is 16.3. The number of aliphatic hydroxyl groups is 2. The van der Waals surface area contributed by atoms with Crippen molar-refractivity contribution in [3.05, 3.63) is 0 Å². The molecule has 4 nitrogen and oxygen atoms in total. The number of rotatable bonds is 2. The number of hydrogen-bond acceptors (Lipinski definition) is 4. The minimum absolute atomic E-state index is 0.193. The molecule has 0 unspecified atom stereocenters. The van der Waals surface area contributed by atoms with Gasteiger partial charge in [0, 0.05) is 26.2 Å². The fraction of sp³-hybridized carbons (Fsp3) is 0.818. The second kappa shape index (κ2) is 8.32. The lowest BCUT2D eigenvalue weighted by atomic mass is 9.91. The number of likely N-dealkylation sites (tertiary alicyclic amines) is 2. The van der Waals surface area contributed by atoms with Crippen molar-refractivity contribution >= 4 is 0 Å². The lowest BCUT2D eigenvalue weighted by Gasteiger charge is -2.42. The molecule has 2 N–H and O–H groups in total. The molecule has 2 aliphatic heterocycles. The third-order valence-corrected chi connectivity index (χ3v) is 6.10. The van der Waals surface area contributed by atoms with Gasteiger partial charge in [-0.05, 0) is 64.2 Å². The highest BCUT2D eigenvalue weighted by Crippen LogP contribution is 2.25. The molecule has 0 aromatic rings. The average Bonchev–Trinajstić information content (AvgIpc) is 2.56. The Morgan fingerprint density at radius 1 is 0.731 bits per heavy atom. The smallest absolute Gasteiger partial charge is 0.0779 e. The summed E-state index contributed by atoms with van der Waals surface area (Å²) in [7, 11) is 0. The molecular weight excluding hydrogens is 324 g/mol. The third-order valence-electron chi connectivity index (χ3n) is 6.10. The van der Waals surface area contributed by atoms with Gasteiger partial charge in [-0.3, -0.25) is 9.80 Å². The summed E-state index contributed by atoms with van der Waals surface area (Å²) in [6.45, 7) is 16.2. The van der Waals surface area contributed by atoms with E-state index in [1.54, 1.807) is 0 Å². The summed E-state index contributed by atoms with van der Waals surface area (Å²) >= 11 is 0. The first-order valence-electron chi connectivity index (χ1n) is 9.93. The molecule has 26 heavy (non-hydrogen) atoms.